The van der Waals surface area contributed by atoms with Crippen LogP contribution in [-0.4, -0.2) is 29.8 Å². The quantitative estimate of drug-likeness (QED) is 0.780. The molecule has 1 saturated carbocycles. The summed E-state index contributed by atoms with van der Waals surface area (Å²) in [5.41, 5.74) is 0.657. The van der Waals surface area contributed by atoms with E-state index in [9.17, 15) is 9.90 Å². The summed E-state index contributed by atoms with van der Waals surface area (Å²) in [6, 6.07) is 9.98. The molecule has 1 aromatic carbocycles. The lowest BCUT2D eigenvalue weighted by atomic mass is 9.85. The predicted octanol–water partition coefficient (Wildman–Crippen LogP) is 2.57. The predicted molar refractivity (Wildman–Crippen MR) is 84.3 cm³/mol. The van der Waals surface area contributed by atoms with Crippen LogP contribution >= 0.6 is 0 Å². The molecular formula is C17H26N2O2. The van der Waals surface area contributed by atoms with Gasteiger partial charge in [-0.1, -0.05) is 57.0 Å². The summed E-state index contributed by atoms with van der Waals surface area (Å²) in [5.74, 6) is 0. The van der Waals surface area contributed by atoms with Crippen molar-refractivity contribution < 1.29 is 9.90 Å². The summed E-state index contributed by atoms with van der Waals surface area (Å²) in [6.45, 7) is 4.80. The Hall–Kier alpha value is -1.55. The van der Waals surface area contributed by atoms with Gasteiger partial charge in [0.05, 0.1) is 12.1 Å². The minimum absolute atomic E-state index is 0.0164. The van der Waals surface area contributed by atoms with E-state index in [0.29, 0.717) is 6.54 Å². The minimum Gasteiger partial charge on any atom is -0.394 e. The zero-order valence-electron chi connectivity index (χ0n) is 13.0. The van der Waals surface area contributed by atoms with E-state index in [4.69, 9.17) is 0 Å². The van der Waals surface area contributed by atoms with Crippen molar-refractivity contribution in [2.75, 3.05) is 13.2 Å². The Labute approximate surface area is 126 Å². The van der Waals surface area contributed by atoms with E-state index in [-0.39, 0.29) is 18.1 Å². The molecule has 0 unspecified atom stereocenters. The number of hydrogen-bond acceptors (Lipinski definition) is 2. The average Bonchev–Trinajstić information content (AvgIpc) is 2.95. The van der Waals surface area contributed by atoms with E-state index < -0.39 is 5.54 Å². The van der Waals surface area contributed by atoms with Crippen LogP contribution < -0.4 is 10.6 Å². The molecule has 116 valence electrons. The normalized spacial score (nSPS) is 17.5. The standard InChI is InChI=1S/C17H26N2O2/c1-16(2,14-8-4-3-5-9-14)12-18-15(21)19-17(13-20)10-6-7-11-17/h3-5,8-9,20H,6-7,10-13H2,1-2H3,(H2,18,19,21). The third-order valence-corrected chi connectivity index (χ3v) is 4.49. The van der Waals surface area contributed by atoms with Crippen molar-refractivity contribution >= 4 is 6.03 Å². The van der Waals surface area contributed by atoms with Crippen LogP contribution in [0.4, 0.5) is 4.79 Å². The summed E-state index contributed by atoms with van der Waals surface area (Å²) < 4.78 is 0. The van der Waals surface area contributed by atoms with Crippen molar-refractivity contribution in [1.82, 2.24) is 10.6 Å². The zero-order chi connectivity index (χ0) is 15.3. The SMILES string of the molecule is CC(C)(CNC(=O)NC1(CO)CCCC1)c1ccccc1. The molecule has 2 rings (SSSR count). The molecule has 21 heavy (non-hydrogen) atoms. The van der Waals surface area contributed by atoms with Gasteiger partial charge in [-0.15, -0.1) is 0 Å². The number of amides is 2. The Balaban J connectivity index is 1.89. The molecule has 3 N–H and O–H groups in total. The molecule has 0 spiro atoms. The Kier molecular flexibility index (Phi) is 4.88. The highest BCUT2D eigenvalue weighted by molar-refractivity contribution is 5.75. The number of aliphatic hydroxyl groups is 1. The monoisotopic (exact) mass is 290 g/mol. The first-order chi connectivity index (χ1) is 9.97. The van der Waals surface area contributed by atoms with Crippen molar-refractivity contribution in [3.8, 4) is 0 Å². The lowest BCUT2D eigenvalue weighted by Crippen LogP contribution is -2.54. The zero-order valence-corrected chi connectivity index (χ0v) is 13.0. The number of rotatable bonds is 5. The van der Waals surface area contributed by atoms with Gasteiger partial charge >= 0.3 is 6.03 Å². The molecule has 0 saturated heterocycles. The van der Waals surface area contributed by atoms with E-state index in [0.717, 1.165) is 25.7 Å². The fraction of sp³-hybridized carbons (Fsp3) is 0.588. The summed E-state index contributed by atoms with van der Waals surface area (Å²) in [6.07, 6.45) is 3.85. The first kappa shape index (κ1) is 15.8. The van der Waals surface area contributed by atoms with Gasteiger partial charge in [0.25, 0.3) is 0 Å². The maximum absolute atomic E-state index is 12.1. The lowest BCUT2D eigenvalue weighted by Gasteiger charge is -2.30. The lowest BCUT2D eigenvalue weighted by molar-refractivity contribution is 0.162. The fourth-order valence-electron chi connectivity index (χ4n) is 2.95. The second-order valence-electron chi connectivity index (χ2n) is 6.70. The van der Waals surface area contributed by atoms with Crippen molar-refractivity contribution in [3.05, 3.63) is 35.9 Å². The molecule has 0 atom stereocenters. The van der Waals surface area contributed by atoms with Crippen LogP contribution in [0.15, 0.2) is 30.3 Å². The third-order valence-electron chi connectivity index (χ3n) is 4.49. The number of aliphatic hydroxyl groups excluding tert-OH is 1. The smallest absolute Gasteiger partial charge is 0.315 e. The van der Waals surface area contributed by atoms with E-state index in [1.807, 2.05) is 18.2 Å². The van der Waals surface area contributed by atoms with Crippen molar-refractivity contribution in [2.45, 2.75) is 50.5 Å². The molecular weight excluding hydrogens is 264 g/mol. The van der Waals surface area contributed by atoms with Gasteiger partial charge in [0.1, 0.15) is 0 Å². The van der Waals surface area contributed by atoms with Gasteiger partial charge in [-0.05, 0) is 18.4 Å². The molecule has 1 fully saturated rings. The molecule has 0 bridgehead atoms. The molecule has 0 aliphatic heterocycles. The number of urea groups is 1. The van der Waals surface area contributed by atoms with Crippen LogP contribution in [0.1, 0.15) is 45.1 Å². The van der Waals surface area contributed by atoms with Crippen molar-refractivity contribution in [2.24, 2.45) is 0 Å². The number of carbonyl (C=O) groups is 1. The summed E-state index contributed by atoms with van der Waals surface area (Å²) in [5, 5.41) is 15.4. The Morgan fingerprint density at radius 2 is 1.86 bits per heavy atom. The van der Waals surface area contributed by atoms with Gasteiger partial charge in [-0.3, -0.25) is 0 Å². The van der Waals surface area contributed by atoms with Gasteiger partial charge in [-0.2, -0.15) is 0 Å². The maximum atomic E-state index is 12.1. The largest absolute Gasteiger partial charge is 0.394 e. The number of carbonyl (C=O) groups excluding carboxylic acids is 1. The van der Waals surface area contributed by atoms with Crippen molar-refractivity contribution in [3.63, 3.8) is 0 Å². The fourth-order valence-corrected chi connectivity index (χ4v) is 2.95. The molecule has 0 heterocycles. The number of nitrogens with one attached hydrogen (secondary N) is 2. The highest BCUT2D eigenvalue weighted by atomic mass is 16.3. The molecule has 4 nitrogen and oxygen atoms in total. The molecule has 2 amide bonds. The minimum atomic E-state index is -0.416. The highest BCUT2D eigenvalue weighted by Crippen LogP contribution is 2.29. The molecule has 1 aliphatic rings. The summed E-state index contributed by atoms with van der Waals surface area (Å²) >= 11 is 0. The highest BCUT2D eigenvalue weighted by Gasteiger charge is 2.34. The molecule has 1 aromatic rings. The second kappa shape index (κ2) is 6.48. The van der Waals surface area contributed by atoms with E-state index in [2.05, 4.69) is 36.6 Å². The Morgan fingerprint density at radius 1 is 1.24 bits per heavy atom. The third kappa shape index (κ3) is 3.97. The van der Waals surface area contributed by atoms with Crippen LogP contribution in [0.5, 0.6) is 0 Å². The van der Waals surface area contributed by atoms with Gasteiger partial charge in [0.2, 0.25) is 0 Å². The van der Waals surface area contributed by atoms with Crippen LogP contribution in [0.2, 0.25) is 0 Å². The van der Waals surface area contributed by atoms with Gasteiger partial charge in [0.15, 0.2) is 0 Å². The number of hydrogen-bond donors (Lipinski definition) is 3. The van der Waals surface area contributed by atoms with Gasteiger partial charge in [-0.25, -0.2) is 4.79 Å². The second-order valence-corrected chi connectivity index (χ2v) is 6.70. The van der Waals surface area contributed by atoms with Crippen LogP contribution in [0.3, 0.4) is 0 Å². The van der Waals surface area contributed by atoms with Crippen molar-refractivity contribution in [1.29, 1.82) is 0 Å². The molecule has 0 aromatic heterocycles. The molecule has 4 heteroatoms. The Bertz CT molecular complexity index is 465. The number of benzene rings is 1. The Morgan fingerprint density at radius 3 is 2.43 bits per heavy atom. The average molecular weight is 290 g/mol. The first-order valence-corrected chi connectivity index (χ1v) is 7.70. The molecule has 0 radical (unpaired) electrons. The van der Waals surface area contributed by atoms with Crippen LogP contribution in [0.25, 0.3) is 0 Å². The van der Waals surface area contributed by atoms with E-state index >= 15 is 0 Å². The van der Waals surface area contributed by atoms with Crippen LogP contribution in [0, 0.1) is 0 Å². The van der Waals surface area contributed by atoms with Gasteiger partial charge < -0.3 is 15.7 Å². The van der Waals surface area contributed by atoms with Gasteiger partial charge in [0, 0.05) is 12.0 Å². The first-order valence-electron chi connectivity index (χ1n) is 7.70. The summed E-state index contributed by atoms with van der Waals surface area (Å²) in [4.78, 5) is 12.1. The molecule has 1 aliphatic carbocycles. The maximum Gasteiger partial charge on any atom is 0.315 e. The van der Waals surface area contributed by atoms with Crippen LogP contribution in [-0.2, 0) is 5.41 Å². The van der Waals surface area contributed by atoms with E-state index in [1.165, 1.54) is 5.56 Å². The summed E-state index contributed by atoms with van der Waals surface area (Å²) in [7, 11) is 0. The topological polar surface area (TPSA) is 61.4 Å². The van der Waals surface area contributed by atoms with E-state index in [1.54, 1.807) is 0 Å².